The zero-order valence-electron chi connectivity index (χ0n) is 9.94. The van der Waals surface area contributed by atoms with Crippen LogP contribution in [0.5, 0.6) is 0 Å². The van der Waals surface area contributed by atoms with Crippen molar-refractivity contribution in [3.8, 4) is 0 Å². The zero-order valence-corrected chi connectivity index (χ0v) is 10.7. The van der Waals surface area contributed by atoms with Crippen molar-refractivity contribution < 1.29 is 0 Å². The van der Waals surface area contributed by atoms with E-state index >= 15 is 0 Å². The summed E-state index contributed by atoms with van der Waals surface area (Å²) in [6.45, 7) is 0.869. The Morgan fingerprint density at radius 3 is 3.11 bits per heavy atom. The average molecular weight is 260 g/mol. The molecule has 1 aromatic carbocycles. The fraction of sp³-hybridized carbons (Fsp3) is 0.286. The quantitative estimate of drug-likeness (QED) is 0.919. The number of benzene rings is 1. The Morgan fingerprint density at radius 2 is 2.22 bits per heavy atom. The van der Waals surface area contributed by atoms with E-state index in [-0.39, 0.29) is 0 Å². The molecule has 1 N–H and O–H groups in total. The highest BCUT2D eigenvalue weighted by molar-refractivity contribution is 6.32. The number of nitrogens with zero attached hydrogens (tertiary/aromatic N) is 2. The van der Waals surface area contributed by atoms with Crippen molar-refractivity contribution in [2.45, 2.75) is 18.8 Å². The van der Waals surface area contributed by atoms with E-state index < -0.39 is 0 Å². The minimum atomic E-state index is 0.548. The first-order valence-electron chi connectivity index (χ1n) is 6.12. The van der Waals surface area contributed by atoms with Crippen LogP contribution in [0.15, 0.2) is 36.8 Å². The highest BCUT2D eigenvalue weighted by atomic mass is 35.5. The van der Waals surface area contributed by atoms with Gasteiger partial charge in [-0.15, -0.1) is 0 Å². The Kier molecular flexibility index (Phi) is 3.15. The molecule has 1 unspecified atom stereocenters. The second-order valence-corrected chi connectivity index (χ2v) is 4.94. The van der Waals surface area contributed by atoms with Crippen molar-refractivity contribution in [1.29, 1.82) is 0 Å². The minimum Gasteiger partial charge on any atom is -0.368 e. The molecule has 92 valence electrons. The van der Waals surface area contributed by atoms with Gasteiger partial charge in [-0.2, -0.15) is 0 Å². The van der Waals surface area contributed by atoms with Crippen molar-refractivity contribution >= 4 is 17.4 Å². The van der Waals surface area contributed by atoms with Crippen LogP contribution >= 0.6 is 11.6 Å². The van der Waals surface area contributed by atoms with Crippen LogP contribution in [0.4, 0.5) is 5.82 Å². The second kappa shape index (κ2) is 4.94. The van der Waals surface area contributed by atoms with Gasteiger partial charge in [-0.1, -0.05) is 35.9 Å². The minimum absolute atomic E-state index is 0.548. The van der Waals surface area contributed by atoms with Gasteiger partial charge in [0.05, 0.1) is 6.20 Å². The summed E-state index contributed by atoms with van der Waals surface area (Å²) in [6, 6.07) is 8.65. The van der Waals surface area contributed by atoms with Gasteiger partial charge >= 0.3 is 0 Å². The molecule has 18 heavy (non-hydrogen) atoms. The van der Waals surface area contributed by atoms with Gasteiger partial charge in [0.1, 0.15) is 17.2 Å². The molecule has 1 atom stereocenters. The normalized spacial score (nSPS) is 17.5. The van der Waals surface area contributed by atoms with E-state index in [1.807, 2.05) is 0 Å². The Labute approximate surface area is 111 Å². The molecule has 0 bridgehead atoms. The lowest BCUT2D eigenvalue weighted by Crippen LogP contribution is -2.11. The maximum absolute atomic E-state index is 6.02. The molecule has 0 aliphatic heterocycles. The molecule has 0 saturated heterocycles. The lowest BCUT2D eigenvalue weighted by Gasteiger charge is -2.13. The average Bonchev–Trinajstić information content (AvgIpc) is 2.81. The Balaban J connectivity index is 1.71. The van der Waals surface area contributed by atoms with E-state index in [4.69, 9.17) is 11.6 Å². The predicted molar refractivity (Wildman–Crippen MR) is 73.0 cm³/mol. The van der Waals surface area contributed by atoms with Gasteiger partial charge in [-0.05, 0) is 24.0 Å². The SMILES string of the molecule is Clc1cncnc1NCC1CCc2ccccc21. The molecule has 0 radical (unpaired) electrons. The van der Waals surface area contributed by atoms with E-state index in [1.165, 1.54) is 30.3 Å². The third-order valence-electron chi connectivity index (χ3n) is 3.44. The molecule has 1 heterocycles. The van der Waals surface area contributed by atoms with Crippen molar-refractivity contribution in [3.63, 3.8) is 0 Å². The topological polar surface area (TPSA) is 37.8 Å². The molecular weight excluding hydrogens is 246 g/mol. The summed E-state index contributed by atoms with van der Waals surface area (Å²) in [5.41, 5.74) is 2.92. The molecule has 0 amide bonds. The van der Waals surface area contributed by atoms with Gasteiger partial charge in [-0.25, -0.2) is 9.97 Å². The largest absolute Gasteiger partial charge is 0.368 e. The number of halogens is 1. The monoisotopic (exact) mass is 259 g/mol. The highest BCUT2D eigenvalue weighted by Gasteiger charge is 2.21. The summed E-state index contributed by atoms with van der Waals surface area (Å²) in [7, 11) is 0. The lowest BCUT2D eigenvalue weighted by atomic mass is 10.0. The molecule has 1 aliphatic rings. The first-order valence-corrected chi connectivity index (χ1v) is 6.49. The Morgan fingerprint density at radius 1 is 1.33 bits per heavy atom. The first-order chi connectivity index (χ1) is 8.84. The van der Waals surface area contributed by atoms with E-state index in [0.717, 1.165) is 12.4 Å². The van der Waals surface area contributed by atoms with Crippen LogP contribution in [0.2, 0.25) is 5.02 Å². The van der Waals surface area contributed by atoms with Gasteiger partial charge in [-0.3, -0.25) is 0 Å². The number of anilines is 1. The van der Waals surface area contributed by atoms with Crippen molar-refractivity contribution in [3.05, 3.63) is 52.9 Å². The van der Waals surface area contributed by atoms with E-state index in [0.29, 0.717) is 10.9 Å². The van der Waals surface area contributed by atoms with E-state index in [2.05, 4.69) is 39.6 Å². The fourth-order valence-electron chi connectivity index (χ4n) is 2.52. The van der Waals surface area contributed by atoms with Crippen LogP contribution in [-0.4, -0.2) is 16.5 Å². The molecule has 3 rings (SSSR count). The zero-order chi connectivity index (χ0) is 12.4. The summed E-state index contributed by atoms with van der Waals surface area (Å²) in [5, 5.41) is 3.89. The van der Waals surface area contributed by atoms with E-state index in [9.17, 15) is 0 Å². The third kappa shape index (κ3) is 2.18. The molecule has 1 aromatic heterocycles. The molecule has 0 spiro atoms. The van der Waals surface area contributed by atoms with Crippen molar-refractivity contribution in [1.82, 2.24) is 9.97 Å². The Bertz CT molecular complexity index is 556. The van der Waals surface area contributed by atoms with Gasteiger partial charge in [0.15, 0.2) is 0 Å². The standard InChI is InChI=1S/C14H14ClN3/c15-13-8-16-9-18-14(13)17-7-11-6-5-10-3-1-2-4-12(10)11/h1-4,8-9,11H,5-7H2,(H,16,17,18). The Hall–Kier alpha value is -1.61. The fourth-order valence-corrected chi connectivity index (χ4v) is 2.69. The van der Waals surface area contributed by atoms with Crippen molar-refractivity contribution in [2.24, 2.45) is 0 Å². The van der Waals surface area contributed by atoms with Crippen LogP contribution in [-0.2, 0) is 6.42 Å². The van der Waals surface area contributed by atoms with E-state index in [1.54, 1.807) is 6.20 Å². The van der Waals surface area contributed by atoms with Crippen LogP contribution < -0.4 is 5.32 Å². The maximum Gasteiger partial charge on any atom is 0.148 e. The molecule has 3 nitrogen and oxygen atoms in total. The molecule has 0 fully saturated rings. The van der Waals surface area contributed by atoms with Crippen LogP contribution in [0.25, 0.3) is 0 Å². The van der Waals surface area contributed by atoms with Crippen LogP contribution in [0, 0.1) is 0 Å². The molecule has 1 aliphatic carbocycles. The molecule has 0 saturated carbocycles. The summed E-state index contributed by atoms with van der Waals surface area (Å²) in [5.74, 6) is 1.27. The number of aryl methyl sites for hydroxylation is 1. The van der Waals surface area contributed by atoms with Gasteiger partial charge < -0.3 is 5.32 Å². The lowest BCUT2D eigenvalue weighted by molar-refractivity contribution is 0.707. The number of nitrogens with one attached hydrogen (secondary N) is 1. The second-order valence-electron chi connectivity index (χ2n) is 4.53. The highest BCUT2D eigenvalue weighted by Crippen LogP contribution is 2.33. The summed E-state index contributed by atoms with van der Waals surface area (Å²) < 4.78 is 0. The van der Waals surface area contributed by atoms with Crippen LogP contribution in [0.3, 0.4) is 0 Å². The predicted octanol–water partition coefficient (Wildman–Crippen LogP) is 3.27. The van der Waals surface area contributed by atoms with Gasteiger partial charge in [0, 0.05) is 12.5 Å². The molecular formula is C14H14ClN3. The van der Waals surface area contributed by atoms with Gasteiger partial charge in [0.2, 0.25) is 0 Å². The van der Waals surface area contributed by atoms with Gasteiger partial charge in [0.25, 0.3) is 0 Å². The number of aromatic nitrogens is 2. The summed E-state index contributed by atoms with van der Waals surface area (Å²) >= 11 is 6.02. The summed E-state index contributed by atoms with van der Waals surface area (Å²) in [4.78, 5) is 8.02. The number of hydrogen-bond acceptors (Lipinski definition) is 3. The number of hydrogen-bond donors (Lipinski definition) is 1. The smallest absolute Gasteiger partial charge is 0.148 e. The molecule has 4 heteroatoms. The number of fused-ring (bicyclic) bond motifs is 1. The maximum atomic E-state index is 6.02. The summed E-state index contributed by atoms with van der Waals surface area (Å²) in [6.07, 6.45) is 5.48. The molecule has 2 aromatic rings. The number of rotatable bonds is 3. The van der Waals surface area contributed by atoms with Crippen molar-refractivity contribution in [2.75, 3.05) is 11.9 Å². The van der Waals surface area contributed by atoms with Crippen LogP contribution in [0.1, 0.15) is 23.5 Å². The first kappa shape index (κ1) is 11.5. The third-order valence-corrected chi connectivity index (χ3v) is 3.72.